The van der Waals surface area contributed by atoms with Gasteiger partial charge in [-0.25, -0.2) is 4.79 Å². The Bertz CT molecular complexity index is 701. The van der Waals surface area contributed by atoms with Crippen LogP contribution in [0.25, 0.3) is 0 Å². The highest BCUT2D eigenvalue weighted by Crippen LogP contribution is 2.33. The van der Waals surface area contributed by atoms with Gasteiger partial charge in [-0.3, -0.25) is 4.68 Å². The number of carbonyl (C=O) groups excluding carboxylic acids is 1. The lowest BCUT2D eigenvalue weighted by Crippen LogP contribution is -2.37. The Balaban J connectivity index is 1.64. The van der Waals surface area contributed by atoms with Crippen molar-refractivity contribution in [3.05, 3.63) is 46.7 Å². The molecule has 1 atom stereocenters. The molecule has 0 saturated carbocycles. The van der Waals surface area contributed by atoms with Gasteiger partial charge in [-0.05, 0) is 25.0 Å². The third-order valence-electron chi connectivity index (χ3n) is 3.76. The first-order valence-corrected chi connectivity index (χ1v) is 7.94. The second-order valence-electron chi connectivity index (χ2n) is 5.57. The number of fused-ring (bicyclic) bond motifs is 1. The summed E-state index contributed by atoms with van der Waals surface area (Å²) in [5.74, 6) is 0.743. The molecule has 1 aliphatic rings. The smallest absolute Gasteiger partial charge is 0.315 e. The zero-order chi connectivity index (χ0) is 16.2. The predicted octanol–water partition coefficient (Wildman–Crippen LogP) is 2.79. The fraction of sp³-hybridized carbons (Fsp3) is 0.375. The van der Waals surface area contributed by atoms with Gasteiger partial charge in [0, 0.05) is 35.9 Å². The average Bonchev–Trinajstić information content (AvgIpc) is 2.84. The van der Waals surface area contributed by atoms with E-state index < -0.39 is 0 Å². The normalized spacial score (nSPS) is 16.9. The first-order chi connectivity index (χ1) is 11.1. The van der Waals surface area contributed by atoms with Gasteiger partial charge in [-0.15, -0.1) is 0 Å². The van der Waals surface area contributed by atoms with E-state index in [-0.39, 0.29) is 12.1 Å². The molecule has 2 heterocycles. The molecular weight excluding hydrogens is 316 g/mol. The Morgan fingerprint density at radius 3 is 3.17 bits per heavy atom. The van der Waals surface area contributed by atoms with Crippen molar-refractivity contribution >= 4 is 17.6 Å². The summed E-state index contributed by atoms with van der Waals surface area (Å²) in [6.45, 7) is 1.07. The van der Waals surface area contributed by atoms with Crippen LogP contribution in [0.1, 0.15) is 30.0 Å². The van der Waals surface area contributed by atoms with Gasteiger partial charge in [-0.2, -0.15) is 5.10 Å². The maximum absolute atomic E-state index is 12.2. The SMILES string of the molecule is Cn1cc(CNC(=O)N[C@H]2CCCOc3cc(Cl)ccc32)cn1. The van der Waals surface area contributed by atoms with E-state index in [1.165, 1.54) is 0 Å². The van der Waals surface area contributed by atoms with E-state index in [9.17, 15) is 4.79 Å². The molecule has 0 bridgehead atoms. The lowest BCUT2D eigenvalue weighted by Gasteiger charge is -2.18. The van der Waals surface area contributed by atoms with E-state index in [4.69, 9.17) is 16.3 Å². The molecule has 7 heteroatoms. The Morgan fingerprint density at radius 1 is 1.52 bits per heavy atom. The molecule has 0 aliphatic carbocycles. The third kappa shape index (κ3) is 3.96. The summed E-state index contributed by atoms with van der Waals surface area (Å²) in [5, 5.41) is 10.6. The molecule has 2 amide bonds. The summed E-state index contributed by atoms with van der Waals surface area (Å²) in [6.07, 6.45) is 5.31. The van der Waals surface area contributed by atoms with Crippen molar-refractivity contribution in [1.82, 2.24) is 20.4 Å². The van der Waals surface area contributed by atoms with Crippen molar-refractivity contribution in [3.8, 4) is 5.75 Å². The van der Waals surface area contributed by atoms with Gasteiger partial charge in [0.15, 0.2) is 0 Å². The van der Waals surface area contributed by atoms with Gasteiger partial charge < -0.3 is 15.4 Å². The number of nitrogens with one attached hydrogen (secondary N) is 2. The van der Waals surface area contributed by atoms with Gasteiger partial charge in [0.1, 0.15) is 5.75 Å². The van der Waals surface area contributed by atoms with Crippen molar-refractivity contribution < 1.29 is 9.53 Å². The maximum Gasteiger partial charge on any atom is 0.315 e. The molecule has 122 valence electrons. The Morgan fingerprint density at radius 2 is 2.39 bits per heavy atom. The van der Waals surface area contributed by atoms with Crippen LogP contribution in [0.15, 0.2) is 30.6 Å². The molecule has 1 aromatic carbocycles. The van der Waals surface area contributed by atoms with E-state index in [1.54, 1.807) is 16.9 Å². The summed E-state index contributed by atoms with van der Waals surface area (Å²) < 4.78 is 7.41. The Hall–Kier alpha value is -2.21. The number of halogens is 1. The van der Waals surface area contributed by atoms with Gasteiger partial charge in [-0.1, -0.05) is 17.7 Å². The average molecular weight is 335 g/mol. The maximum atomic E-state index is 12.2. The van der Waals surface area contributed by atoms with Crippen LogP contribution in [-0.2, 0) is 13.6 Å². The topological polar surface area (TPSA) is 68.2 Å². The quantitative estimate of drug-likeness (QED) is 0.907. The lowest BCUT2D eigenvalue weighted by atomic mass is 10.0. The van der Waals surface area contributed by atoms with Gasteiger partial charge in [0.05, 0.1) is 18.8 Å². The van der Waals surface area contributed by atoms with Crippen molar-refractivity contribution in [2.24, 2.45) is 7.05 Å². The van der Waals surface area contributed by atoms with Gasteiger partial charge in [0.2, 0.25) is 0 Å². The molecule has 2 N–H and O–H groups in total. The van der Waals surface area contributed by atoms with E-state index >= 15 is 0 Å². The van der Waals surface area contributed by atoms with Gasteiger partial charge >= 0.3 is 6.03 Å². The fourth-order valence-corrected chi connectivity index (χ4v) is 2.81. The molecule has 1 aliphatic heterocycles. The summed E-state index contributed by atoms with van der Waals surface area (Å²) >= 11 is 6.02. The number of nitrogens with zero attached hydrogens (tertiary/aromatic N) is 2. The van der Waals surface area contributed by atoms with Crippen LogP contribution in [-0.4, -0.2) is 22.4 Å². The van der Waals surface area contributed by atoms with Crippen molar-refractivity contribution in [2.75, 3.05) is 6.61 Å². The highest BCUT2D eigenvalue weighted by Gasteiger charge is 2.21. The predicted molar refractivity (Wildman–Crippen MR) is 87.5 cm³/mol. The molecule has 0 saturated heterocycles. The molecular formula is C16H19ClN4O2. The monoisotopic (exact) mass is 334 g/mol. The molecule has 0 fully saturated rings. The minimum Gasteiger partial charge on any atom is -0.493 e. The number of hydrogen-bond donors (Lipinski definition) is 2. The highest BCUT2D eigenvalue weighted by atomic mass is 35.5. The largest absolute Gasteiger partial charge is 0.493 e. The molecule has 0 unspecified atom stereocenters. The molecule has 2 aromatic rings. The molecule has 3 rings (SSSR count). The minimum absolute atomic E-state index is 0.0846. The Labute approximate surface area is 139 Å². The third-order valence-corrected chi connectivity index (χ3v) is 4.00. The highest BCUT2D eigenvalue weighted by molar-refractivity contribution is 6.30. The van der Waals surface area contributed by atoms with E-state index in [0.29, 0.717) is 18.2 Å². The van der Waals surface area contributed by atoms with E-state index in [1.807, 2.05) is 25.4 Å². The molecule has 1 aromatic heterocycles. The van der Waals surface area contributed by atoms with Gasteiger partial charge in [0.25, 0.3) is 0 Å². The zero-order valence-corrected chi connectivity index (χ0v) is 13.6. The summed E-state index contributed by atoms with van der Waals surface area (Å²) in [7, 11) is 1.84. The number of aromatic nitrogens is 2. The van der Waals surface area contributed by atoms with Crippen LogP contribution in [0.3, 0.4) is 0 Å². The van der Waals surface area contributed by atoms with Crippen LogP contribution in [0.5, 0.6) is 5.75 Å². The number of amides is 2. The molecule has 6 nitrogen and oxygen atoms in total. The molecule has 0 radical (unpaired) electrons. The van der Waals surface area contributed by atoms with Crippen LogP contribution in [0.4, 0.5) is 4.79 Å². The standard InChI is InChI=1S/C16H19ClN4O2/c1-21-10-11(9-19-21)8-18-16(22)20-14-3-2-6-23-15-7-12(17)4-5-13(14)15/h4-5,7,9-10,14H,2-3,6,8H2,1H3,(H2,18,20,22)/t14-/m0/s1. The zero-order valence-electron chi connectivity index (χ0n) is 12.9. The summed E-state index contributed by atoms with van der Waals surface area (Å²) in [4.78, 5) is 12.2. The summed E-state index contributed by atoms with van der Waals surface area (Å²) in [5.41, 5.74) is 1.92. The van der Waals surface area contributed by atoms with Crippen molar-refractivity contribution in [3.63, 3.8) is 0 Å². The van der Waals surface area contributed by atoms with Crippen LogP contribution < -0.4 is 15.4 Å². The summed E-state index contributed by atoms with van der Waals surface area (Å²) in [6, 6.07) is 5.23. The van der Waals surface area contributed by atoms with Crippen molar-refractivity contribution in [2.45, 2.75) is 25.4 Å². The lowest BCUT2D eigenvalue weighted by molar-refractivity contribution is 0.236. The van der Waals surface area contributed by atoms with Crippen molar-refractivity contribution in [1.29, 1.82) is 0 Å². The van der Waals surface area contributed by atoms with Crippen LogP contribution in [0.2, 0.25) is 5.02 Å². The van der Waals surface area contributed by atoms with Crippen LogP contribution >= 0.6 is 11.6 Å². The van der Waals surface area contributed by atoms with E-state index in [0.717, 1.165) is 29.7 Å². The number of aryl methyl sites for hydroxylation is 1. The molecule has 23 heavy (non-hydrogen) atoms. The first kappa shape index (κ1) is 15.7. The van der Waals surface area contributed by atoms with E-state index in [2.05, 4.69) is 15.7 Å². The second kappa shape index (κ2) is 6.91. The second-order valence-corrected chi connectivity index (χ2v) is 6.01. The number of rotatable bonds is 3. The number of benzene rings is 1. The molecule has 0 spiro atoms. The minimum atomic E-state index is -0.207. The first-order valence-electron chi connectivity index (χ1n) is 7.56. The number of ether oxygens (including phenoxy) is 1. The number of urea groups is 1. The van der Waals surface area contributed by atoms with Crippen LogP contribution in [0, 0.1) is 0 Å². The fourth-order valence-electron chi connectivity index (χ4n) is 2.65. The Kier molecular flexibility index (Phi) is 4.71. The number of hydrogen-bond acceptors (Lipinski definition) is 3. The number of carbonyl (C=O) groups is 1.